The fourth-order valence-corrected chi connectivity index (χ4v) is 3.86. The van der Waals surface area contributed by atoms with E-state index in [1.54, 1.807) is 19.1 Å². The predicted molar refractivity (Wildman–Crippen MR) is 116 cm³/mol. The van der Waals surface area contributed by atoms with Crippen molar-refractivity contribution in [1.82, 2.24) is 20.4 Å². The molecule has 1 aliphatic heterocycles. The van der Waals surface area contributed by atoms with Gasteiger partial charge in [0.2, 0.25) is 17.6 Å². The van der Waals surface area contributed by atoms with Crippen molar-refractivity contribution in [3.8, 4) is 11.4 Å². The Hall–Kier alpha value is -3.48. The van der Waals surface area contributed by atoms with Gasteiger partial charge < -0.3 is 14.7 Å². The molecule has 0 bridgehead atoms. The van der Waals surface area contributed by atoms with Gasteiger partial charge >= 0.3 is 0 Å². The molecule has 2 heterocycles. The van der Waals surface area contributed by atoms with E-state index >= 15 is 0 Å². The van der Waals surface area contributed by atoms with Gasteiger partial charge in [0.25, 0.3) is 5.91 Å². The maximum Gasteiger partial charge on any atom is 0.253 e. The first kappa shape index (κ1) is 20.8. The van der Waals surface area contributed by atoms with Gasteiger partial charge in [-0.1, -0.05) is 47.1 Å². The summed E-state index contributed by atoms with van der Waals surface area (Å²) in [4.78, 5) is 31.4. The zero-order chi connectivity index (χ0) is 21.8. The van der Waals surface area contributed by atoms with E-state index in [1.807, 2.05) is 42.2 Å². The Balaban J connectivity index is 1.29. The van der Waals surface area contributed by atoms with Crippen LogP contribution in [0, 0.1) is 19.8 Å². The van der Waals surface area contributed by atoms with Crippen molar-refractivity contribution < 1.29 is 14.1 Å². The first-order chi connectivity index (χ1) is 15.0. The maximum atomic E-state index is 12.8. The topological polar surface area (TPSA) is 88.3 Å². The van der Waals surface area contributed by atoms with Crippen LogP contribution in [0.3, 0.4) is 0 Å². The smallest absolute Gasteiger partial charge is 0.253 e. The lowest BCUT2D eigenvalue weighted by Crippen LogP contribution is -2.42. The molecule has 0 aliphatic carbocycles. The summed E-state index contributed by atoms with van der Waals surface area (Å²) >= 11 is 0. The van der Waals surface area contributed by atoms with Gasteiger partial charge in [-0.15, -0.1) is 0 Å². The minimum Gasteiger partial charge on any atom is -0.352 e. The molecule has 0 atom stereocenters. The lowest BCUT2D eigenvalue weighted by atomic mass is 9.95. The van der Waals surface area contributed by atoms with E-state index in [9.17, 15) is 9.59 Å². The number of nitrogens with one attached hydrogen (secondary N) is 1. The zero-order valence-electron chi connectivity index (χ0n) is 17.8. The molecule has 0 saturated carbocycles. The van der Waals surface area contributed by atoms with Crippen LogP contribution in [0.5, 0.6) is 0 Å². The molecule has 1 fully saturated rings. The second kappa shape index (κ2) is 9.12. The van der Waals surface area contributed by atoms with E-state index in [-0.39, 0.29) is 17.7 Å². The quantitative estimate of drug-likeness (QED) is 0.685. The molecule has 0 radical (unpaired) electrons. The molecule has 2 amide bonds. The van der Waals surface area contributed by atoms with E-state index in [0.717, 1.165) is 11.1 Å². The summed E-state index contributed by atoms with van der Waals surface area (Å²) in [5.74, 6) is 0.996. The Labute approximate surface area is 181 Å². The lowest BCUT2D eigenvalue weighted by molar-refractivity contribution is -0.126. The van der Waals surface area contributed by atoms with Crippen LogP contribution < -0.4 is 5.32 Å². The van der Waals surface area contributed by atoms with E-state index in [0.29, 0.717) is 49.8 Å². The minimum absolute atomic E-state index is 0.0190. The molecule has 31 heavy (non-hydrogen) atoms. The van der Waals surface area contributed by atoms with Gasteiger partial charge in [0.05, 0.1) is 0 Å². The monoisotopic (exact) mass is 418 g/mol. The van der Waals surface area contributed by atoms with Crippen LogP contribution in [-0.2, 0) is 11.3 Å². The van der Waals surface area contributed by atoms with Crippen molar-refractivity contribution in [3.63, 3.8) is 0 Å². The number of hydrogen-bond acceptors (Lipinski definition) is 5. The van der Waals surface area contributed by atoms with E-state index in [4.69, 9.17) is 4.52 Å². The molecule has 2 aromatic carbocycles. The number of benzene rings is 2. The van der Waals surface area contributed by atoms with Gasteiger partial charge in [0.1, 0.15) is 0 Å². The number of aromatic nitrogens is 2. The van der Waals surface area contributed by atoms with Crippen molar-refractivity contribution in [1.29, 1.82) is 0 Å². The van der Waals surface area contributed by atoms with Gasteiger partial charge in [-0.3, -0.25) is 9.59 Å². The van der Waals surface area contributed by atoms with E-state index in [1.165, 1.54) is 5.56 Å². The molecule has 3 aromatic rings. The number of carbonyl (C=O) groups excluding carboxylic acids is 2. The number of aryl methyl sites for hydroxylation is 2. The Morgan fingerprint density at radius 3 is 2.48 bits per heavy atom. The molecule has 1 aliphatic rings. The van der Waals surface area contributed by atoms with Crippen molar-refractivity contribution in [2.45, 2.75) is 33.2 Å². The summed E-state index contributed by atoms with van der Waals surface area (Å²) in [5.41, 5.74) is 3.70. The number of carbonyl (C=O) groups is 2. The summed E-state index contributed by atoms with van der Waals surface area (Å²) in [6, 6.07) is 15.3. The molecule has 7 nitrogen and oxygen atoms in total. The number of amides is 2. The van der Waals surface area contributed by atoms with Crippen LogP contribution in [0.15, 0.2) is 53.1 Å². The highest BCUT2D eigenvalue weighted by Gasteiger charge is 2.27. The number of rotatable bonds is 5. The molecule has 160 valence electrons. The average molecular weight is 418 g/mol. The van der Waals surface area contributed by atoms with Crippen LogP contribution in [-0.4, -0.2) is 39.9 Å². The van der Waals surface area contributed by atoms with Gasteiger partial charge in [-0.25, -0.2) is 0 Å². The molecule has 4 rings (SSSR count). The molecular weight excluding hydrogens is 392 g/mol. The summed E-state index contributed by atoms with van der Waals surface area (Å²) < 4.78 is 5.00. The molecule has 0 spiro atoms. The predicted octanol–water partition coefficient (Wildman–Crippen LogP) is 3.52. The van der Waals surface area contributed by atoms with Gasteiger partial charge in [0, 0.05) is 43.6 Å². The van der Waals surface area contributed by atoms with Gasteiger partial charge in [-0.2, -0.15) is 4.98 Å². The fourth-order valence-electron chi connectivity index (χ4n) is 3.86. The van der Waals surface area contributed by atoms with Crippen LogP contribution >= 0.6 is 0 Å². The first-order valence-electron chi connectivity index (χ1n) is 10.5. The average Bonchev–Trinajstić information content (AvgIpc) is 3.23. The third-order valence-corrected chi connectivity index (χ3v) is 5.62. The minimum atomic E-state index is -0.0577. The number of likely N-dealkylation sites (tertiary alicyclic amines) is 1. The number of hydrogen-bond donors (Lipinski definition) is 1. The second-order valence-corrected chi connectivity index (χ2v) is 7.99. The molecule has 0 unspecified atom stereocenters. The molecule has 1 aromatic heterocycles. The zero-order valence-corrected chi connectivity index (χ0v) is 17.8. The third kappa shape index (κ3) is 4.99. The Bertz CT molecular complexity index is 1070. The fraction of sp³-hybridized carbons (Fsp3) is 0.333. The summed E-state index contributed by atoms with van der Waals surface area (Å²) in [6.07, 6.45) is 1.34. The first-order valence-corrected chi connectivity index (χ1v) is 10.5. The van der Waals surface area contributed by atoms with Crippen molar-refractivity contribution >= 4 is 11.8 Å². The Kier molecular flexibility index (Phi) is 6.11. The van der Waals surface area contributed by atoms with Crippen molar-refractivity contribution in [3.05, 3.63) is 71.1 Å². The van der Waals surface area contributed by atoms with Crippen LogP contribution in [0.4, 0.5) is 0 Å². The van der Waals surface area contributed by atoms with E-state index < -0.39 is 0 Å². The summed E-state index contributed by atoms with van der Waals surface area (Å²) in [6.45, 7) is 5.46. The molecule has 1 N–H and O–H groups in total. The largest absolute Gasteiger partial charge is 0.352 e. The standard InChI is InChI=1S/C24H26N4O3/c1-16-4-3-5-18(14-16)15-25-23(29)20-10-12-28(13-11-20)24(30)21-8-6-19(7-9-21)22-26-17(2)31-27-22/h3-9,14,20H,10-13,15H2,1-2H3,(H,25,29). The number of piperidine rings is 1. The SMILES string of the molecule is Cc1cccc(CNC(=O)C2CCN(C(=O)c3ccc(-c4noc(C)n4)cc3)CC2)c1. The van der Waals surface area contributed by atoms with Crippen LogP contribution in [0.2, 0.25) is 0 Å². The summed E-state index contributed by atoms with van der Waals surface area (Å²) in [5, 5.41) is 6.93. The van der Waals surface area contributed by atoms with Crippen LogP contribution in [0.25, 0.3) is 11.4 Å². The summed E-state index contributed by atoms with van der Waals surface area (Å²) in [7, 11) is 0. The lowest BCUT2D eigenvalue weighted by Gasteiger charge is -2.31. The van der Waals surface area contributed by atoms with Crippen LogP contribution in [0.1, 0.15) is 40.2 Å². The maximum absolute atomic E-state index is 12.8. The second-order valence-electron chi connectivity index (χ2n) is 7.99. The molecule has 1 saturated heterocycles. The highest BCUT2D eigenvalue weighted by Crippen LogP contribution is 2.21. The van der Waals surface area contributed by atoms with Gasteiger partial charge in [-0.05, 0) is 37.5 Å². The normalized spacial score (nSPS) is 14.5. The molecule has 7 heteroatoms. The Morgan fingerprint density at radius 1 is 1.10 bits per heavy atom. The number of nitrogens with zero attached hydrogens (tertiary/aromatic N) is 3. The highest BCUT2D eigenvalue weighted by atomic mass is 16.5. The molecular formula is C24H26N4O3. The Morgan fingerprint density at radius 2 is 1.84 bits per heavy atom. The van der Waals surface area contributed by atoms with Crippen molar-refractivity contribution in [2.24, 2.45) is 5.92 Å². The van der Waals surface area contributed by atoms with E-state index in [2.05, 4.69) is 21.5 Å². The van der Waals surface area contributed by atoms with Gasteiger partial charge in [0.15, 0.2) is 0 Å². The van der Waals surface area contributed by atoms with Crippen molar-refractivity contribution in [2.75, 3.05) is 13.1 Å². The third-order valence-electron chi connectivity index (χ3n) is 5.62. The highest BCUT2D eigenvalue weighted by molar-refractivity contribution is 5.94.